The SMILES string of the molecule is CC(=O)c1ccc(C#CCC(=O)O)nc1. The number of ketones is 1. The van der Waals surface area contributed by atoms with Gasteiger partial charge in [-0.1, -0.05) is 5.92 Å². The summed E-state index contributed by atoms with van der Waals surface area (Å²) in [6.45, 7) is 1.45. The molecule has 1 heterocycles. The largest absolute Gasteiger partial charge is 0.481 e. The molecule has 0 atom stereocenters. The summed E-state index contributed by atoms with van der Waals surface area (Å²) in [6.07, 6.45) is 1.21. The van der Waals surface area contributed by atoms with E-state index < -0.39 is 5.97 Å². The molecule has 76 valence electrons. The first-order chi connectivity index (χ1) is 7.09. The number of nitrogens with zero attached hydrogens (tertiary/aromatic N) is 1. The van der Waals surface area contributed by atoms with E-state index in [9.17, 15) is 9.59 Å². The topological polar surface area (TPSA) is 67.3 Å². The van der Waals surface area contributed by atoms with Gasteiger partial charge in [-0.25, -0.2) is 4.98 Å². The number of aliphatic carboxylic acids is 1. The summed E-state index contributed by atoms with van der Waals surface area (Å²) >= 11 is 0. The lowest BCUT2D eigenvalue weighted by Gasteiger charge is -1.93. The van der Waals surface area contributed by atoms with Crippen LogP contribution in [0, 0.1) is 11.8 Å². The van der Waals surface area contributed by atoms with Gasteiger partial charge in [-0.05, 0) is 25.0 Å². The van der Waals surface area contributed by atoms with E-state index in [0.29, 0.717) is 11.3 Å². The molecule has 1 aromatic heterocycles. The smallest absolute Gasteiger partial charge is 0.315 e. The van der Waals surface area contributed by atoms with Crippen LogP contribution in [0.1, 0.15) is 29.4 Å². The molecule has 0 fully saturated rings. The lowest BCUT2D eigenvalue weighted by molar-refractivity contribution is -0.135. The van der Waals surface area contributed by atoms with Crippen LogP contribution in [0.25, 0.3) is 0 Å². The van der Waals surface area contributed by atoms with E-state index >= 15 is 0 Å². The van der Waals surface area contributed by atoms with Gasteiger partial charge in [-0.15, -0.1) is 0 Å². The lowest BCUT2D eigenvalue weighted by Crippen LogP contribution is -1.94. The zero-order valence-electron chi connectivity index (χ0n) is 8.15. The first-order valence-corrected chi connectivity index (χ1v) is 4.27. The van der Waals surface area contributed by atoms with Gasteiger partial charge in [0.2, 0.25) is 0 Å². The Bertz CT molecular complexity index is 437. The van der Waals surface area contributed by atoms with Crippen LogP contribution < -0.4 is 0 Å². The molecule has 0 aliphatic heterocycles. The van der Waals surface area contributed by atoms with Gasteiger partial charge in [0.15, 0.2) is 5.78 Å². The van der Waals surface area contributed by atoms with Crippen LogP contribution in [0.5, 0.6) is 0 Å². The Labute approximate surface area is 87.0 Å². The molecule has 0 spiro atoms. The third-order valence-corrected chi connectivity index (χ3v) is 1.63. The molecule has 0 saturated heterocycles. The standard InChI is InChI=1S/C11H9NO3/c1-8(13)9-5-6-10(12-7-9)3-2-4-11(14)15/h5-7H,4H2,1H3,(H,14,15). The Morgan fingerprint density at radius 2 is 2.20 bits per heavy atom. The summed E-state index contributed by atoms with van der Waals surface area (Å²) in [5.74, 6) is 4.01. The predicted molar refractivity (Wildman–Crippen MR) is 53.4 cm³/mol. The average molecular weight is 203 g/mol. The van der Waals surface area contributed by atoms with Gasteiger partial charge >= 0.3 is 5.97 Å². The van der Waals surface area contributed by atoms with Crippen LogP contribution in [-0.4, -0.2) is 21.8 Å². The molecule has 0 aliphatic rings. The number of Topliss-reactive ketones (excluding diaryl/α,β-unsaturated/α-hetero) is 1. The number of carbonyl (C=O) groups excluding carboxylic acids is 1. The number of pyridine rings is 1. The summed E-state index contributed by atoms with van der Waals surface area (Å²) in [5.41, 5.74) is 0.972. The maximum absolute atomic E-state index is 10.9. The number of rotatable bonds is 2. The molecule has 0 radical (unpaired) electrons. The van der Waals surface area contributed by atoms with E-state index in [1.54, 1.807) is 12.1 Å². The molecule has 4 heteroatoms. The van der Waals surface area contributed by atoms with Crippen LogP contribution >= 0.6 is 0 Å². The highest BCUT2D eigenvalue weighted by Gasteiger charge is 1.98. The van der Waals surface area contributed by atoms with Crippen molar-refractivity contribution >= 4 is 11.8 Å². The third-order valence-electron chi connectivity index (χ3n) is 1.63. The van der Waals surface area contributed by atoms with Crippen LogP contribution in [0.2, 0.25) is 0 Å². The molecule has 0 unspecified atom stereocenters. The van der Waals surface area contributed by atoms with Gasteiger partial charge in [0, 0.05) is 11.8 Å². The minimum Gasteiger partial charge on any atom is -0.481 e. The number of hydrogen-bond acceptors (Lipinski definition) is 3. The molecule has 1 aromatic rings. The maximum Gasteiger partial charge on any atom is 0.315 e. The fourth-order valence-corrected chi connectivity index (χ4v) is 0.886. The molecule has 4 nitrogen and oxygen atoms in total. The van der Waals surface area contributed by atoms with Crippen LogP contribution in [0.15, 0.2) is 18.3 Å². The summed E-state index contributed by atoms with van der Waals surface area (Å²) < 4.78 is 0. The Balaban J connectivity index is 2.75. The van der Waals surface area contributed by atoms with E-state index in [1.165, 1.54) is 13.1 Å². The second-order valence-corrected chi connectivity index (χ2v) is 2.86. The van der Waals surface area contributed by atoms with E-state index in [-0.39, 0.29) is 12.2 Å². The second-order valence-electron chi connectivity index (χ2n) is 2.86. The molecule has 1 rings (SSSR count). The predicted octanol–water partition coefficient (Wildman–Crippen LogP) is 1.11. The zero-order chi connectivity index (χ0) is 11.3. The zero-order valence-corrected chi connectivity index (χ0v) is 8.15. The average Bonchev–Trinajstić information content (AvgIpc) is 2.18. The lowest BCUT2D eigenvalue weighted by atomic mass is 10.2. The van der Waals surface area contributed by atoms with Crippen LogP contribution in [-0.2, 0) is 4.79 Å². The Morgan fingerprint density at radius 1 is 1.47 bits per heavy atom. The summed E-state index contributed by atoms with van der Waals surface area (Å²) in [4.78, 5) is 25.0. The van der Waals surface area contributed by atoms with E-state index in [0.717, 1.165) is 0 Å². The van der Waals surface area contributed by atoms with Crippen LogP contribution in [0.3, 0.4) is 0 Å². The molecule has 0 saturated carbocycles. The molecular weight excluding hydrogens is 194 g/mol. The third kappa shape index (κ3) is 3.61. The molecule has 1 N–H and O–H groups in total. The molecule has 0 aliphatic carbocycles. The van der Waals surface area contributed by atoms with Gasteiger partial charge in [0.05, 0.1) is 0 Å². The number of carboxylic acids is 1. The van der Waals surface area contributed by atoms with E-state index in [4.69, 9.17) is 5.11 Å². The van der Waals surface area contributed by atoms with Gasteiger partial charge in [-0.2, -0.15) is 0 Å². The van der Waals surface area contributed by atoms with Crippen molar-refractivity contribution in [2.45, 2.75) is 13.3 Å². The van der Waals surface area contributed by atoms with Crippen molar-refractivity contribution in [2.24, 2.45) is 0 Å². The highest BCUT2D eigenvalue weighted by atomic mass is 16.4. The Hall–Kier alpha value is -2.15. The Kier molecular flexibility index (Phi) is 3.58. The molecule has 0 bridgehead atoms. The first kappa shape index (κ1) is 10.9. The van der Waals surface area contributed by atoms with Crippen molar-refractivity contribution in [1.82, 2.24) is 4.98 Å². The number of carbonyl (C=O) groups is 2. The summed E-state index contributed by atoms with van der Waals surface area (Å²) in [7, 11) is 0. The molecule has 0 amide bonds. The van der Waals surface area contributed by atoms with Gasteiger partial charge < -0.3 is 5.11 Å². The van der Waals surface area contributed by atoms with Crippen molar-refractivity contribution < 1.29 is 14.7 Å². The fourth-order valence-electron chi connectivity index (χ4n) is 0.886. The van der Waals surface area contributed by atoms with Crippen molar-refractivity contribution in [3.05, 3.63) is 29.6 Å². The van der Waals surface area contributed by atoms with Gasteiger partial charge in [-0.3, -0.25) is 9.59 Å². The highest BCUT2D eigenvalue weighted by Crippen LogP contribution is 1.99. The molecule has 0 aromatic carbocycles. The van der Waals surface area contributed by atoms with Crippen molar-refractivity contribution in [3.63, 3.8) is 0 Å². The van der Waals surface area contributed by atoms with Gasteiger partial charge in [0.25, 0.3) is 0 Å². The fraction of sp³-hybridized carbons (Fsp3) is 0.182. The van der Waals surface area contributed by atoms with E-state index in [2.05, 4.69) is 16.8 Å². The second kappa shape index (κ2) is 4.91. The van der Waals surface area contributed by atoms with E-state index in [1.807, 2.05) is 0 Å². The summed E-state index contributed by atoms with van der Waals surface area (Å²) in [5, 5.41) is 8.34. The minimum absolute atomic E-state index is 0.0625. The highest BCUT2D eigenvalue weighted by molar-refractivity contribution is 5.93. The first-order valence-electron chi connectivity index (χ1n) is 4.27. The Morgan fingerprint density at radius 3 is 2.67 bits per heavy atom. The number of hydrogen-bond donors (Lipinski definition) is 1. The van der Waals surface area contributed by atoms with Crippen LogP contribution in [0.4, 0.5) is 0 Å². The summed E-state index contributed by atoms with van der Waals surface area (Å²) in [6, 6.07) is 3.20. The number of carboxylic acid groups (broad SMARTS) is 1. The van der Waals surface area contributed by atoms with Gasteiger partial charge in [0.1, 0.15) is 12.1 Å². The normalized spacial score (nSPS) is 8.87. The maximum atomic E-state index is 10.9. The minimum atomic E-state index is -0.970. The molecule has 15 heavy (non-hydrogen) atoms. The number of aromatic nitrogens is 1. The van der Waals surface area contributed by atoms with Crippen molar-refractivity contribution in [1.29, 1.82) is 0 Å². The monoisotopic (exact) mass is 203 g/mol. The van der Waals surface area contributed by atoms with Crippen molar-refractivity contribution in [3.8, 4) is 11.8 Å². The quantitative estimate of drug-likeness (QED) is 0.577. The molecular formula is C11H9NO3. The van der Waals surface area contributed by atoms with Crippen molar-refractivity contribution in [2.75, 3.05) is 0 Å².